The predicted molar refractivity (Wildman–Crippen MR) is 68.0 cm³/mol. The van der Waals surface area contributed by atoms with Gasteiger partial charge in [0.05, 0.1) is 0 Å². The lowest BCUT2D eigenvalue weighted by molar-refractivity contribution is -0.133. The van der Waals surface area contributed by atoms with Gasteiger partial charge in [0.2, 0.25) is 0 Å². The van der Waals surface area contributed by atoms with Crippen LogP contribution in [0.15, 0.2) is 0 Å². The largest absolute Gasteiger partial charge is 0.330 e. The molecule has 0 atom stereocenters. The first-order chi connectivity index (χ1) is 8.63. The number of urea groups is 1. The van der Waals surface area contributed by atoms with Gasteiger partial charge in [-0.15, -0.1) is 0 Å². The van der Waals surface area contributed by atoms with Crippen LogP contribution in [0.3, 0.4) is 0 Å². The van der Waals surface area contributed by atoms with E-state index in [2.05, 4.69) is 17.1 Å². The summed E-state index contributed by atoms with van der Waals surface area (Å²) in [5, 5.41) is 2.89. The number of imide groups is 1. The molecule has 3 N–H and O–H groups in total. The standard InChI is InChI=1S/C12H22N4O2/c1-2-15-8-4-12(5-9-15)10(17)16(7-3-6-13)11(18)14-12/h2-9,13H2,1H3,(H,14,18). The zero-order valence-electron chi connectivity index (χ0n) is 10.9. The maximum Gasteiger partial charge on any atom is 0.325 e. The monoisotopic (exact) mass is 254 g/mol. The summed E-state index contributed by atoms with van der Waals surface area (Å²) in [6, 6.07) is -0.251. The van der Waals surface area contributed by atoms with Crippen LogP contribution in [-0.2, 0) is 4.79 Å². The first-order valence-electron chi connectivity index (χ1n) is 6.69. The Morgan fingerprint density at radius 3 is 2.56 bits per heavy atom. The summed E-state index contributed by atoms with van der Waals surface area (Å²) in [4.78, 5) is 27.9. The third kappa shape index (κ3) is 2.22. The predicted octanol–water partition coefficient (Wildman–Crippen LogP) is -0.258. The molecular weight excluding hydrogens is 232 g/mol. The van der Waals surface area contributed by atoms with Crippen LogP contribution in [0.25, 0.3) is 0 Å². The number of nitrogens with two attached hydrogens (primary N) is 1. The van der Waals surface area contributed by atoms with E-state index in [0.29, 0.717) is 32.4 Å². The molecule has 0 bridgehead atoms. The van der Waals surface area contributed by atoms with Crippen molar-refractivity contribution in [2.24, 2.45) is 5.73 Å². The molecule has 6 heteroatoms. The van der Waals surface area contributed by atoms with Gasteiger partial charge in [-0.2, -0.15) is 0 Å². The van der Waals surface area contributed by atoms with Crippen LogP contribution in [0, 0.1) is 0 Å². The molecule has 0 unspecified atom stereocenters. The van der Waals surface area contributed by atoms with Crippen LogP contribution in [-0.4, -0.2) is 60.0 Å². The fourth-order valence-electron chi connectivity index (χ4n) is 2.72. The lowest BCUT2D eigenvalue weighted by Gasteiger charge is -2.36. The number of amides is 3. The number of hydrogen-bond donors (Lipinski definition) is 2. The number of nitrogens with one attached hydrogen (secondary N) is 1. The minimum Gasteiger partial charge on any atom is -0.330 e. The molecule has 0 aromatic carbocycles. The highest BCUT2D eigenvalue weighted by Gasteiger charge is 2.51. The summed E-state index contributed by atoms with van der Waals surface area (Å²) in [5.41, 5.74) is 4.79. The highest BCUT2D eigenvalue weighted by atomic mass is 16.2. The summed E-state index contributed by atoms with van der Waals surface area (Å²) >= 11 is 0. The summed E-state index contributed by atoms with van der Waals surface area (Å²) in [6.07, 6.45) is 2.09. The summed E-state index contributed by atoms with van der Waals surface area (Å²) in [7, 11) is 0. The molecule has 102 valence electrons. The van der Waals surface area contributed by atoms with Crippen LogP contribution in [0.4, 0.5) is 4.79 Å². The maximum absolute atomic E-state index is 12.4. The Hall–Kier alpha value is -1.14. The van der Waals surface area contributed by atoms with Gasteiger partial charge in [0, 0.05) is 19.6 Å². The van der Waals surface area contributed by atoms with Crippen molar-refractivity contribution < 1.29 is 9.59 Å². The molecule has 18 heavy (non-hydrogen) atoms. The fourth-order valence-corrected chi connectivity index (χ4v) is 2.72. The zero-order chi connectivity index (χ0) is 13.2. The van der Waals surface area contributed by atoms with Crippen LogP contribution >= 0.6 is 0 Å². The second-order valence-electron chi connectivity index (χ2n) is 5.05. The fraction of sp³-hybridized carbons (Fsp3) is 0.833. The molecule has 2 rings (SSSR count). The SMILES string of the molecule is CCN1CCC2(CC1)NC(=O)N(CCCN)C2=O. The van der Waals surface area contributed by atoms with E-state index in [9.17, 15) is 9.59 Å². The van der Waals surface area contributed by atoms with Crippen molar-refractivity contribution in [3.05, 3.63) is 0 Å². The third-order valence-electron chi connectivity index (χ3n) is 3.99. The molecule has 0 aromatic rings. The van der Waals surface area contributed by atoms with E-state index < -0.39 is 5.54 Å². The molecule has 2 saturated heterocycles. The van der Waals surface area contributed by atoms with E-state index in [1.165, 1.54) is 4.90 Å². The number of likely N-dealkylation sites (tertiary alicyclic amines) is 1. The van der Waals surface area contributed by atoms with Crippen LogP contribution in [0.2, 0.25) is 0 Å². The summed E-state index contributed by atoms with van der Waals surface area (Å²) in [5.74, 6) is -0.0586. The van der Waals surface area contributed by atoms with Gasteiger partial charge in [-0.25, -0.2) is 4.79 Å². The van der Waals surface area contributed by atoms with Gasteiger partial charge < -0.3 is 16.0 Å². The van der Waals surface area contributed by atoms with Crippen molar-refractivity contribution in [2.45, 2.75) is 31.7 Å². The number of carbonyl (C=O) groups is 2. The maximum atomic E-state index is 12.4. The Balaban J connectivity index is 2.03. The minimum atomic E-state index is -0.642. The number of nitrogens with zero attached hydrogens (tertiary/aromatic N) is 2. The Bertz CT molecular complexity index is 337. The van der Waals surface area contributed by atoms with Gasteiger partial charge in [-0.1, -0.05) is 6.92 Å². The molecule has 2 heterocycles. The third-order valence-corrected chi connectivity index (χ3v) is 3.99. The van der Waals surface area contributed by atoms with Crippen molar-refractivity contribution in [1.82, 2.24) is 15.1 Å². The number of rotatable bonds is 4. The van der Waals surface area contributed by atoms with Gasteiger partial charge in [0.25, 0.3) is 5.91 Å². The first kappa shape index (κ1) is 13.3. The van der Waals surface area contributed by atoms with Crippen LogP contribution in [0.5, 0.6) is 0 Å². The lowest BCUT2D eigenvalue weighted by atomic mass is 9.87. The quantitative estimate of drug-likeness (QED) is 0.678. The smallest absolute Gasteiger partial charge is 0.325 e. The Labute approximate surface area is 107 Å². The molecule has 0 radical (unpaired) electrons. The van der Waals surface area contributed by atoms with Gasteiger partial charge in [0.15, 0.2) is 0 Å². The molecule has 0 aromatic heterocycles. The van der Waals surface area contributed by atoms with E-state index >= 15 is 0 Å². The average molecular weight is 254 g/mol. The molecule has 2 aliphatic rings. The topological polar surface area (TPSA) is 78.7 Å². The minimum absolute atomic E-state index is 0.0586. The number of carbonyl (C=O) groups excluding carboxylic acids is 2. The van der Waals surface area contributed by atoms with E-state index in [4.69, 9.17) is 5.73 Å². The van der Waals surface area contributed by atoms with E-state index in [1.54, 1.807) is 0 Å². The van der Waals surface area contributed by atoms with Crippen molar-refractivity contribution in [1.29, 1.82) is 0 Å². The van der Waals surface area contributed by atoms with Gasteiger partial charge in [-0.3, -0.25) is 9.69 Å². The number of hydrogen-bond acceptors (Lipinski definition) is 4. The lowest BCUT2D eigenvalue weighted by Crippen LogP contribution is -2.54. The van der Waals surface area contributed by atoms with Crippen molar-refractivity contribution in [2.75, 3.05) is 32.7 Å². The highest BCUT2D eigenvalue weighted by Crippen LogP contribution is 2.29. The number of piperidine rings is 1. The van der Waals surface area contributed by atoms with E-state index in [-0.39, 0.29) is 11.9 Å². The molecule has 3 amide bonds. The highest BCUT2D eigenvalue weighted by molar-refractivity contribution is 6.07. The second kappa shape index (κ2) is 5.24. The summed E-state index contributed by atoms with van der Waals surface area (Å²) < 4.78 is 0. The van der Waals surface area contributed by atoms with E-state index in [0.717, 1.165) is 19.6 Å². The van der Waals surface area contributed by atoms with Crippen LogP contribution < -0.4 is 11.1 Å². The Kier molecular flexibility index (Phi) is 3.87. The normalized spacial score (nSPS) is 23.8. The van der Waals surface area contributed by atoms with Gasteiger partial charge in [-0.05, 0) is 32.4 Å². The molecule has 1 spiro atoms. The van der Waals surface area contributed by atoms with Crippen molar-refractivity contribution in [3.63, 3.8) is 0 Å². The van der Waals surface area contributed by atoms with Gasteiger partial charge >= 0.3 is 6.03 Å². The van der Waals surface area contributed by atoms with E-state index in [1.807, 2.05) is 0 Å². The zero-order valence-corrected chi connectivity index (χ0v) is 10.9. The molecule has 6 nitrogen and oxygen atoms in total. The average Bonchev–Trinajstić information content (AvgIpc) is 2.60. The molecule has 0 aliphatic carbocycles. The molecule has 0 saturated carbocycles. The van der Waals surface area contributed by atoms with Gasteiger partial charge in [0.1, 0.15) is 5.54 Å². The molecule has 2 aliphatic heterocycles. The van der Waals surface area contributed by atoms with Crippen LogP contribution in [0.1, 0.15) is 26.2 Å². The van der Waals surface area contributed by atoms with Crippen molar-refractivity contribution >= 4 is 11.9 Å². The second-order valence-corrected chi connectivity index (χ2v) is 5.05. The van der Waals surface area contributed by atoms with Crippen molar-refractivity contribution in [3.8, 4) is 0 Å². The molecule has 2 fully saturated rings. The molecular formula is C12H22N4O2. The Morgan fingerprint density at radius 2 is 2.00 bits per heavy atom. The first-order valence-corrected chi connectivity index (χ1v) is 6.69. The summed E-state index contributed by atoms with van der Waals surface area (Å²) in [6.45, 7) is 5.77. The Morgan fingerprint density at radius 1 is 1.33 bits per heavy atom.